The monoisotopic (exact) mass is 468 g/mol. The summed E-state index contributed by atoms with van der Waals surface area (Å²) in [7, 11) is 1.37. The van der Waals surface area contributed by atoms with Crippen LogP contribution in [0.5, 0.6) is 11.6 Å². The Labute approximate surface area is 204 Å². The number of methoxy groups -OCH3 is 1. The molecule has 1 aromatic heterocycles. The minimum Gasteiger partial charge on any atom is -0.469 e. The number of pyridine rings is 1. The fourth-order valence-corrected chi connectivity index (χ4v) is 4.08. The van der Waals surface area contributed by atoms with Gasteiger partial charge in [0.2, 0.25) is 5.88 Å². The summed E-state index contributed by atoms with van der Waals surface area (Å²) < 4.78 is 10.6. The molecule has 4 rings (SSSR count). The highest BCUT2D eigenvalue weighted by Crippen LogP contribution is 2.27. The quantitative estimate of drug-likeness (QED) is 0.304. The number of benzene rings is 3. The molecule has 0 radical (unpaired) electrons. The Morgan fingerprint density at radius 3 is 2.57 bits per heavy atom. The van der Waals surface area contributed by atoms with Gasteiger partial charge < -0.3 is 14.8 Å². The number of fused-ring (bicyclic) bond motifs is 1. The van der Waals surface area contributed by atoms with Gasteiger partial charge in [-0.1, -0.05) is 54.6 Å². The van der Waals surface area contributed by atoms with Crippen molar-refractivity contribution in [2.75, 3.05) is 7.11 Å². The van der Waals surface area contributed by atoms with Gasteiger partial charge in [0.1, 0.15) is 5.75 Å². The molecule has 0 fully saturated rings. The van der Waals surface area contributed by atoms with Gasteiger partial charge in [0.25, 0.3) is 5.91 Å². The van der Waals surface area contributed by atoms with Crippen LogP contribution in [0.15, 0.2) is 85.1 Å². The Balaban J connectivity index is 1.59. The molecule has 0 saturated carbocycles. The molecule has 0 aliphatic heterocycles. The second-order valence-corrected chi connectivity index (χ2v) is 8.28. The van der Waals surface area contributed by atoms with Gasteiger partial charge in [-0.15, -0.1) is 0 Å². The maximum absolute atomic E-state index is 13.5. The summed E-state index contributed by atoms with van der Waals surface area (Å²) in [5, 5.41) is 5.37. The van der Waals surface area contributed by atoms with E-state index in [1.165, 1.54) is 7.11 Å². The minimum absolute atomic E-state index is 0.204. The van der Waals surface area contributed by atoms with E-state index >= 15 is 0 Å². The maximum Gasteiger partial charge on any atom is 0.305 e. The maximum atomic E-state index is 13.5. The van der Waals surface area contributed by atoms with Crippen LogP contribution in [0.2, 0.25) is 0 Å². The highest BCUT2D eigenvalue weighted by atomic mass is 16.5. The van der Waals surface area contributed by atoms with E-state index in [2.05, 4.69) is 28.5 Å². The van der Waals surface area contributed by atoms with E-state index in [4.69, 9.17) is 9.47 Å². The molecule has 1 amide bonds. The summed E-state index contributed by atoms with van der Waals surface area (Å²) in [6, 6.07) is 24.8. The van der Waals surface area contributed by atoms with Crippen LogP contribution >= 0.6 is 0 Å². The zero-order valence-corrected chi connectivity index (χ0v) is 19.9. The number of aromatic nitrogens is 1. The molecule has 1 heterocycles. The smallest absolute Gasteiger partial charge is 0.305 e. The third kappa shape index (κ3) is 6.03. The van der Waals surface area contributed by atoms with E-state index in [1.807, 2.05) is 55.5 Å². The summed E-state index contributed by atoms with van der Waals surface area (Å²) in [5.74, 6) is 0.491. The topological polar surface area (TPSA) is 77.5 Å². The number of esters is 1. The van der Waals surface area contributed by atoms with Gasteiger partial charge in [0, 0.05) is 24.2 Å². The molecule has 6 heteroatoms. The highest BCUT2D eigenvalue weighted by molar-refractivity contribution is 5.97. The molecule has 3 aromatic carbocycles. The zero-order valence-electron chi connectivity index (χ0n) is 19.9. The summed E-state index contributed by atoms with van der Waals surface area (Å²) in [5.41, 5.74) is 2.39. The van der Waals surface area contributed by atoms with Crippen LogP contribution in [0.1, 0.15) is 47.3 Å². The summed E-state index contributed by atoms with van der Waals surface area (Å²) in [6.45, 7) is 1.98. The van der Waals surface area contributed by atoms with E-state index in [0.29, 0.717) is 30.0 Å². The number of hydrogen-bond acceptors (Lipinski definition) is 5. The molecule has 0 aliphatic carbocycles. The van der Waals surface area contributed by atoms with Crippen LogP contribution in [0.25, 0.3) is 10.8 Å². The first-order valence-corrected chi connectivity index (χ1v) is 11.6. The number of rotatable bonds is 9. The second kappa shape index (κ2) is 11.3. The van der Waals surface area contributed by atoms with Crippen molar-refractivity contribution < 1.29 is 19.1 Å². The number of ether oxygens (including phenoxy) is 2. The summed E-state index contributed by atoms with van der Waals surface area (Å²) >= 11 is 0. The van der Waals surface area contributed by atoms with Crippen LogP contribution in [0, 0.1) is 0 Å². The zero-order chi connectivity index (χ0) is 24.6. The van der Waals surface area contributed by atoms with Crippen molar-refractivity contribution in [2.24, 2.45) is 0 Å². The standard InChI is InChI=1S/C29H28N2O4/c1-20(24-13-7-10-21-9-3-4-12-25(21)24)31-29(33)26-19-23(35-27-14-5-6-18-30-27)17-16-22(26)11-8-15-28(32)34-2/h3-7,9-10,12-14,16-20H,8,11,15H2,1-2H3,(H,31,33). The average Bonchev–Trinajstić information content (AvgIpc) is 2.89. The lowest BCUT2D eigenvalue weighted by atomic mass is 9.98. The lowest BCUT2D eigenvalue weighted by Gasteiger charge is -2.18. The van der Waals surface area contributed by atoms with Crippen molar-refractivity contribution in [1.82, 2.24) is 10.3 Å². The van der Waals surface area contributed by atoms with Crippen molar-refractivity contribution in [2.45, 2.75) is 32.2 Å². The molecule has 1 atom stereocenters. The molecule has 35 heavy (non-hydrogen) atoms. The summed E-state index contributed by atoms with van der Waals surface area (Å²) in [6.07, 6.45) is 3.07. The lowest BCUT2D eigenvalue weighted by Crippen LogP contribution is -2.27. The van der Waals surface area contributed by atoms with Gasteiger partial charge in [-0.2, -0.15) is 0 Å². The van der Waals surface area contributed by atoms with Gasteiger partial charge >= 0.3 is 5.97 Å². The predicted molar refractivity (Wildman–Crippen MR) is 136 cm³/mol. The molecule has 4 aromatic rings. The molecular formula is C29H28N2O4. The number of nitrogens with zero attached hydrogens (tertiary/aromatic N) is 1. The van der Waals surface area contributed by atoms with Gasteiger partial charge in [-0.25, -0.2) is 4.98 Å². The molecule has 1 N–H and O–H groups in total. The molecule has 0 spiro atoms. The first kappa shape index (κ1) is 24.0. The molecule has 6 nitrogen and oxygen atoms in total. The van der Waals surface area contributed by atoms with E-state index < -0.39 is 0 Å². The van der Waals surface area contributed by atoms with Crippen LogP contribution in [0.4, 0.5) is 0 Å². The Hall–Kier alpha value is -4.19. The van der Waals surface area contributed by atoms with Crippen molar-refractivity contribution in [1.29, 1.82) is 0 Å². The molecule has 0 bridgehead atoms. The van der Waals surface area contributed by atoms with E-state index in [1.54, 1.807) is 18.3 Å². The third-order valence-corrected chi connectivity index (χ3v) is 5.88. The SMILES string of the molecule is COC(=O)CCCc1ccc(Oc2ccccn2)cc1C(=O)NC(C)c1cccc2ccccc12. The van der Waals surface area contributed by atoms with Crippen molar-refractivity contribution >= 4 is 22.6 Å². The molecule has 178 valence electrons. The molecule has 1 unspecified atom stereocenters. The van der Waals surface area contributed by atoms with Crippen LogP contribution in [-0.4, -0.2) is 24.0 Å². The molecule has 0 saturated heterocycles. The van der Waals surface area contributed by atoms with Crippen molar-refractivity contribution in [3.63, 3.8) is 0 Å². The fraction of sp³-hybridized carbons (Fsp3) is 0.207. The second-order valence-electron chi connectivity index (χ2n) is 8.28. The van der Waals surface area contributed by atoms with Crippen molar-refractivity contribution in [3.8, 4) is 11.6 Å². The van der Waals surface area contributed by atoms with Gasteiger partial charge in [0.15, 0.2) is 0 Å². The number of carbonyl (C=O) groups excluding carboxylic acids is 2. The van der Waals surface area contributed by atoms with Crippen LogP contribution in [0.3, 0.4) is 0 Å². The normalized spacial score (nSPS) is 11.6. The Morgan fingerprint density at radius 1 is 0.971 bits per heavy atom. The molecular weight excluding hydrogens is 440 g/mol. The van der Waals surface area contributed by atoms with Gasteiger partial charge in [-0.3, -0.25) is 9.59 Å². The van der Waals surface area contributed by atoms with E-state index in [9.17, 15) is 9.59 Å². The number of carbonyl (C=O) groups is 2. The Bertz CT molecular complexity index is 1320. The van der Waals surface area contributed by atoms with Gasteiger partial charge in [-0.05, 0) is 59.9 Å². The largest absolute Gasteiger partial charge is 0.469 e. The van der Waals surface area contributed by atoms with Gasteiger partial charge in [0.05, 0.1) is 13.2 Å². The summed E-state index contributed by atoms with van der Waals surface area (Å²) in [4.78, 5) is 29.2. The number of amides is 1. The number of nitrogens with one attached hydrogen (secondary N) is 1. The fourth-order valence-electron chi connectivity index (χ4n) is 4.08. The first-order valence-electron chi connectivity index (χ1n) is 11.6. The predicted octanol–water partition coefficient (Wildman–Crippen LogP) is 6.01. The van der Waals surface area contributed by atoms with Crippen LogP contribution in [-0.2, 0) is 16.0 Å². The van der Waals surface area contributed by atoms with Crippen LogP contribution < -0.4 is 10.1 Å². The Morgan fingerprint density at radius 2 is 1.77 bits per heavy atom. The number of hydrogen-bond donors (Lipinski definition) is 1. The highest BCUT2D eigenvalue weighted by Gasteiger charge is 2.18. The molecule has 0 aliphatic rings. The number of aryl methyl sites for hydroxylation is 1. The van der Waals surface area contributed by atoms with E-state index in [-0.39, 0.29) is 24.3 Å². The average molecular weight is 469 g/mol. The Kier molecular flexibility index (Phi) is 7.73. The third-order valence-electron chi connectivity index (χ3n) is 5.88. The first-order chi connectivity index (χ1) is 17.0. The van der Waals surface area contributed by atoms with E-state index in [0.717, 1.165) is 21.9 Å². The minimum atomic E-state index is -0.268. The lowest BCUT2D eigenvalue weighted by molar-refractivity contribution is -0.140. The van der Waals surface area contributed by atoms with Crippen molar-refractivity contribution in [3.05, 3.63) is 102 Å².